The van der Waals surface area contributed by atoms with Crippen molar-refractivity contribution in [2.75, 3.05) is 11.0 Å². The second-order valence-electron chi connectivity index (χ2n) is 6.29. The lowest BCUT2D eigenvalue weighted by atomic mass is 10.0. The lowest BCUT2D eigenvalue weighted by Gasteiger charge is -2.22. The van der Waals surface area contributed by atoms with E-state index in [1.165, 1.54) is 0 Å². The summed E-state index contributed by atoms with van der Waals surface area (Å²) in [6.45, 7) is 10.9. The molecule has 0 aliphatic carbocycles. The van der Waals surface area contributed by atoms with E-state index in [1.807, 2.05) is 6.92 Å². The van der Waals surface area contributed by atoms with E-state index in [4.69, 9.17) is 4.74 Å². The molecule has 1 aromatic rings. The largest absolute Gasteiger partial charge is 0.444 e. The first-order chi connectivity index (χ1) is 10.4. The molecule has 0 bridgehead atoms. The summed E-state index contributed by atoms with van der Waals surface area (Å²) in [6.07, 6.45) is 2.13. The Kier molecular flexibility index (Phi) is 5.82. The van der Waals surface area contributed by atoms with Crippen molar-refractivity contribution < 1.29 is 17.9 Å². The van der Waals surface area contributed by atoms with Gasteiger partial charge in [0.15, 0.2) is 0 Å². The zero-order valence-electron chi connectivity index (χ0n) is 14.1. The van der Waals surface area contributed by atoms with Crippen LogP contribution in [0.25, 0.3) is 6.08 Å². The fourth-order valence-corrected chi connectivity index (χ4v) is 2.47. The lowest BCUT2D eigenvalue weighted by molar-refractivity contribution is 0.0508. The maximum Gasteiger partial charge on any atom is 0.408 e. The fraction of sp³-hybridized carbons (Fsp3) is 0.438. The van der Waals surface area contributed by atoms with Crippen molar-refractivity contribution >= 4 is 27.9 Å². The molecule has 0 unspecified atom stereocenters. The molecule has 0 saturated carbocycles. The number of benzene rings is 1. The molecule has 7 heteroatoms. The van der Waals surface area contributed by atoms with Gasteiger partial charge in [0.1, 0.15) is 5.60 Å². The van der Waals surface area contributed by atoms with Gasteiger partial charge in [0, 0.05) is 0 Å². The third-order valence-electron chi connectivity index (χ3n) is 2.82. The Bertz CT molecular complexity index is 691. The number of ether oxygens (including phenoxy) is 1. The zero-order chi connectivity index (χ0) is 17.8. The van der Waals surface area contributed by atoms with Crippen LogP contribution < -0.4 is 10.0 Å². The van der Waals surface area contributed by atoms with Gasteiger partial charge in [-0.1, -0.05) is 18.7 Å². The van der Waals surface area contributed by atoms with E-state index in [1.54, 1.807) is 45.0 Å². The van der Waals surface area contributed by atoms with Crippen molar-refractivity contribution in [3.63, 3.8) is 0 Å². The predicted molar refractivity (Wildman–Crippen MR) is 92.8 cm³/mol. The number of amides is 1. The molecule has 0 aliphatic rings. The van der Waals surface area contributed by atoms with Crippen molar-refractivity contribution in [2.45, 2.75) is 39.3 Å². The Morgan fingerprint density at radius 2 is 1.96 bits per heavy atom. The zero-order valence-corrected chi connectivity index (χ0v) is 15.0. The molecule has 0 aliphatic heterocycles. The van der Waals surface area contributed by atoms with Gasteiger partial charge in [0.25, 0.3) is 0 Å². The summed E-state index contributed by atoms with van der Waals surface area (Å²) in [7, 11) is -3.37. The molecular formula is C16H24N2O4S. The highest BCUT2D eigenvalue weighted by molar-refractivity contribution is 7.92. The Morgan fingerprint density at radius 3 is 2.43 bits per heavy atom. The quantitative estimate of drug-likeness (QED) is 0.861. The molecule has 0 spiro atoms. The van der Waals surface area contributed by atoms with Crippen molar-refractivity contribution in [1.29, 1.82) is 0 Å². The van der Waals surface area contributed by atoms with Gasteiger partial charge >= 0.3 is 6.09 Å². The number of anilines is 1. The van der Waals surface area contributed by atoms with Crippen LogP contribution >= 0.6 is 0 Å². The van der Waals surface area contributed by atoms with Gasteiger partial charge in [-0.25, -0.2) is 13.2 Å². The summed E-state index contributed by atoms with van der Waals surface area (Å²) in [5.41, 5.74) is 1.31. The second kappa shape index (κ2) is 7.04. The van der Waals surface area contributed by atoms with Gasteiger partial charge in [-0.2, -0.15) is 0 Å². The van der Waals surface area contributed by atoms with Crippen molar-refractivity contribution in [2.24, 2.45) is 0 Å². The number of carbonyl (C=O) groups excluding carboxylic acids is 1. The maximum atomic E-state index is 11.8. The third kappa shape index (κ3) is 6.73. The first-order valence-corrected chi connectivity index (χ1v) is 9.04. The number of nitrogens with one attached hydrogen (secondary N) is 2. The van der Waals surface area contributed by atoms with Crippen LogP contribution in [-0.4, -0.2) is 26.4 Å². The standard InChI is InChI=1S/C16H24N2O4S/c1-7-12-10-13(8-9-14(12)18-23(6,20)21)11(2)17-15(19)22-16(3,4)5/h7-11,18H,1H2,2-6H3,(H,17,19)/t11-/m1/s1. The molecule has 0 heterocycles. The van der Waals surface area contributed by atoms with E-state index in [-0.39, 0.29) is 6.04 Å². The molecule has 0 radical (unpaired) electrons. The minimum atomic E-state index is -3.37. The number of hydrogen-bond acceptors (Lipinski definition) is 4. The number of sulfonamides is 1. The molecule has 1 aromatic carbocycles. The summed E-state index contributed by atoms with van der Waals surface area (Å²) in [5.74, 6) is 0. The van der Waals surface area contributed by atoms with Crippen molar-refractivity contribution in [3.8, 4) is 0 Å². The van der Waals surface area contributed by atoms with Crippen LogP contribution in [0.3, 0.4) is 0 Å². The third-order valence-corrected chi connectivity index (χ3v) is 3.41. The van der Waals surface area contributed by atoms with Crippen LogP contribution in [0.15, 0.2) is 24.8 Å². The van der Waals surface area contributed by atoms with E-state index in [2.05, 4.69) is 16.6 Å². The molecule has 2 N–H and O–H groups in total. The van der Waals surface area contributed by atoms with E-state index >= 15 is 0 Å². The molecule has 128 valence electrons. The highest BCUT2D eigenvalue weighted by Gasteiger charge is 2.18. The molecule has 0 saturated heterocycles. The molecule has 0 fully saturated rings. The highest BCUT2D eigenvalue weighted by Crippen LogP contribution is 2.23. The van der Waals surface area contributed by atoms with E-state index in [0.717, 1.165) is 11.8 Å². The lowest BCUT2D eigenvalue weighted by Crippen LogP contribution is -2.34. The predicted octanol–water partition coefficient (Wildman–Crippen LogP) is 3.29. The van der Waals surface area contributed by atoms with Crippen LogP contribution in [0.4, 0.5) is 10.5 Å². The summed E-state index contributed by atoms with van der Waals surface area (Å²) in [4.78, 5) is 11.8. The molecule has 6 nitrogen and oxygen atoms in total. The van der Waals surface area contributed by atoms with Crippen LogP contribution in [0, 0.1) is 0 Å². The average molecular weight is 340 g/mol. The van der Waals surface area contributed by atoms with Gasteiger partial charge in [-0.05, 0) is 51.0 Å². The van der Waals surface area contributed by atoms with Crippen LogP contribution in [0.5, 0.6) is 0 Å². The normalized spacial score (nSPS) is 13.1. The molecule has 1 atom stereocenters. The summed E-state index contributed by atoms with van der Waals surface area (Å²) in [5, 5.41) is 2.74. The van der Waals surface area contributed by atoms with Crippen molar-refractivity contribution in [3.05, 3.63) is 35.9 Å². The Hall–Kier alpha value is -2.02. The topological polar surface area (TPSA) is 84.5 Å². The first kappa shape index (κ1) is 19.0. The van der Waals surface area contributed by atoms with E-state index in [9.17, 15) is 13.2 Å². The SMILES string of the molecule is C=Cc1cc([C@@H](C)NC(=O)OC(C)(C)C)ccc1NS(C)(=O)=O. The monoisotopic (exact) mass is 340 g/mol. The summed E-state index contributed by atoms with van der Waals surface area (Å²) >= 11 is 0. The summed E-state index contributed by atoms with van der Waals surface area (Å²) in [6, 6.07) is 4.85. The van der Waals surface area contributed by atoms with Crippen LogP contribution in [0.2, 0.25) is 0 Å². The van der Waals surface area contributed by atoms with Gasteiger partial charge in [-0.3, -0.25) is 4.72 Å². The van der Waals surface area contributed by atoms with Gasteiger partial charge in [0.2, 0.25) is 10.0 Å². The number of carbonyl (C=O) groups is 1. The summed E-state index contributed by atoms with van der Waals surface area (Å²) < 4.78 is 30.3. The smallest absolute Gasteiger partial charge is 0.408 e. The van der Waals surface area contributed by atoms with Gasteiger partial charge < -0.3 is 10.1 Å². The van der Waals surface area contributed by atoms with E-state index < -0.39 is 21.7 Å². The van der Waals surface area contributed by atoms with E-state index in [0.29, 0.717) is 11.3 Å². The van der Waals surface area contributed by atoms with Crippen LogP contribution in [-0.2, 0) is 14.8 Å². The minimum absolute atomic E-state index is 0.296. The first-order valence-electron chi connectivity index (χ1n) is 7.15. The van der Waals surface area contributed by atoms with Crippen molar-refractivity contribution in [1.82, 2.24) is 5.32 Å². The Labute approximate surface area is 138 Å². The molecule has 1 rings (SSSR count). The average Bonchev–Trinajstić information content (AvgIpc) is 2.34. The fourth-order valence-electron chi connectivity index (χ4n) is 1.88. The molecule has 1 amide bonds. The maximum absolute atomic E-state index is 11.8. The molecule has 0 aromatic heterocycles. The number of alkyl carbamates (subject to hydrolysis) is 1. The molecule has 23 heavy (non-hydrogen) atoms. The van der Waals surface area contributed by atoms with Gasteiger partial charge in [-0.15, -0.1) is 0 Å². The Morgan fingerprint density at radius 1 is 1.35 bits per heavy atom. The Balaban J connectivity index is 2.92. The number of hydrogen-bond donors (Lipinski definition) is 2. The number of rotatable bonds is 5. The highest BCUT2D eigenvalue weighted by atomic mass is 32.2. The molecular weight excluding hydrogens is 316 g/mol. The van der Waals surface area contributed by atoms with Crippen LogP contribution in [0.1, 0.15) is 44.9 Å². The second-order valence-corrected chi connectivity index (χ2v) is 8.04. The minimum Gasteiger partial charge on any atom is -0.444 e. The van der Waals surface area contributed by atoms with Gasteiger partial charge in [0.05, 0.1) is 18.0 Å².